The van der Waals surface area contributed by atoms with Crippen LogP contribution in [-0.4, -0.2) is 24.4 Å². The molecule has 0 fully saturated rings. The van der Waals surface area contributed by atoms with Gasteiger partial charge in [0.2, 0.25) is 0 Å². The zero-order valence-electron chi connectivity index (χ0n) is 20.5. The van der Waals surface area contributed by atoms with E-state index in [1.165, 1.54) is 44.7 Å². The van der Waals surface area contributed by atoms with Crippen LogP contribution >= 0.6 is 11.6 Å². The highest BCUT2D eigenvalue weighted by Crippen LogP contribution is 2.37. The van der Waals surface area contributed by atoms with Crippen LogP contribution in [0, 0.1) is 11.2 Å². The molecule has 0 aliphatic rings. The Morgan fingerprint density at radius 3 is 2.65 bits per heavy atom. The Bertz CT molecular complexity index is 984. The highest BCUT2D eigenvalue weighted by molar-refractivity contribution is 6.31. The van der Waals surface area contributed by atoms with Gasteiger partial charge in [0.15, 0.2) is 11.6 Å². The molecule has 0 radical (unpaired) electrons. The van der Waals surface area contributed by atoms with E-state index in [1.807, 2.05) is 6.20 Å². The Balaban J connectivity index is 2.26. The van der Waals surface area contributed by atoms with Crippen molar-refractivity contribution in [1.29, 1.82) is 5.41 Å². The van der Waals surface area contributed by atoms with Gasteiger partial charge in [-0.1, -0.05) is 51.1 Å². The number of unbranched alkanes of at least 4 members (excludes halogenated alkanes) is 2. The van der Waals surface area contributed by atoms with Crippen LogP contribution in [0.5, 0.6) is 11.5 Å². The molecule has 1 heterocycles. The standard InChI is InChI=1S/C26H36ClFN4O2/c1-5-7-8-10-20(9-6-2)31-16-19(14-29)18-13-23(26(30)32-15-18)34-17(3)24-22(33-4)12-11-21(28)25(24)27/h11-17,20,29,31H,5-10H2,1-4H3,(H2,30,32)/b19-16+,29-14?. The third-order valence-electron chi connectivity index (χ3n) is 5.66. The van der Waals surface area contributed by atoms with Crippen molar-refractivity contribution in [2.45, 2.75) is 71.4 Å². The number of allylic oxidation sites excluding steroid dienone is 1. The van der Waals surface area contributed by atoms with Crippen LogP contribution in [0.1, 0.15) is 76.5 Å². The Morgan fingerprint density at radius 1 is 1.24 bits per heavy atom. The van der Waals surface area contributed by atoms with Crippen molar-refractivity contribution in [1.82, 2.24) is 10.3 Å². The predicted octanol–water partition coefficient (Wildman–Crippen LogP) is 6.93. The van der Waals surface area contributed by atoms with Gasteiger partial charge in [0, 0.05) is 35.8 Å². The Morgan fingerprint density at radius 2 is 2.00 bits per heavy atom. The molecule has 34 heavy (non-hydrogen) atoms. The number of ether oxygens (including phenoxy) is 2. The second-order valence-electron chi connectivity index (χ2n) is 8.24. The number of anilines is 1. The smallest absolute Gasteiger partial charge is 0.166 e. The van der Waals surface area contributed by atoms with Crippen molar-refractivity contribution >= 4 is 29.2 Å². The maximum atomic E-state index is 14.1. The Kier molecular flexibility index (Phi) is 11.1. The van der Waals surface area contributed by atoms with Gasteiger partial charge in [-0.05, 0) is 38.0 Å². The van der Waals surface area contributed by atoms with Gasteiger partial charge in [-0.2, -0.15) is 0 Å². The van der Waals surface area contributed by atoms with E-state index in [9.17, 15) is 4.39 Å². The average molecular weight is 491 g/mol. The summed E-state index contributed by atoms with van der Waals surface area (Å²) in [6.07, 6.45) is 10.9. The number of hydrogen-bond donors (Lipinski definition) is 3. The summed E-state index contributed by atoms with van der Waals surface area (Å²) in [7, 11) is 1.48. The molecule has 4 N–H and O–H groups in total. The molecule has 186 valence electrons. The predicted molar refractivity (Wildman–Crippen MR) is 138 cm³/mol. The third-order valence-corrected chi connectivity index (χ3v) is 6.05. The summed E-state index contributed by atoms with van der Waals surface area (Å²) in [5, 5.41) is 11.3. The molecule has 0 aliphatic heterocycles. The van der Waals surface area contributed by atoms with Gasteiger partial charge in [-0.25, -0.2) is 9.37 Å². The number of hydrogen-bond acceptors (Lipinski definition) is 6. The first kappa shape index (κ1) is 27.4. The van der Waals surface area contributed by atoms with Crippen LogP contribution in [0.3, 0.4) is 0 Å². The van der Waals surface area contributed by atoms with Crippen LogP contribution in [0.15, 0.2) is 30.6 Å². The number of aromatic nitrogens is 1. The van der Waals surface area contributed by atoms with Crippen molar-refractivity contribution in [3.8, 4) is 11.5 Å². The first-order valence-electron chi connectivity index (χ1n) is 11.8. The Hall–Kier alpha value is -2.80. The molecule has 0 spiro atoms. The minimum absolute atomic E-state index is 0.0659. The van der Waals surface area contributed by atoms with E-state index in [0.717, 1.165) is 19.3 Å². The van der Waals surface area contributed by atoms with Gasteiger partial charge in [-0.15, -0.1) is 0 Å². The molecule has 2 unspecified atom stereocenters. The van der Waals surface area contributed by atoms with E-state index in [0.29, 0.717) is 34.2 Å². The molecule has 0 aliphatic carbocycles. The molecular weight excluding hydrogens is 455 g/mol. The first-order valence-corrected chi connectivity index (χ1v) is 12.1. The molecule has 2 atom stereocenters. The van der Waals surface area contributed by atoms with E-state index >= 15 is 0 Å². The van der Waals surface area contributed by atoms with Crippen molar-refractivity contribution < 1.29 is 13.9 Å². The lowest BCUT2D eigenvalue weighted by molar-refractivity contribution is 0.221. The molecule has 6 nitrogen and oxygen atoms in total. The number of nitrogens with one attached hydrogen (secondary N) is 2. The van der Waals surface area contributed by atoms with Crippen molar-refractivity contribution in [3.63, 3.8) is 0 Å². The molecule has 1 aromatic carbocycles. The number of rotatable bonds is 14. The first-order chi connectivity index (χ1) is 16.4. The number of nitrogens with two attached hydrogens (primary N) is 1. The number of halogens is 2. The largest absolute Gasteiger partial charge is 0.496 e. The fourth-order valence-corrected chi connectivity index (χ4v) is 4.09. The van der Waals surface area contributed by atoms with Crippen molar-refractivity contribution in [2.24, 2.45) is 0 Å². The number of nitrogen functional groups attached to an aromatic ring is 1. The monoisotopic (exact) mass is 490 g/mol. The van der Waals surface area contributed by atoms with Gasteiger partial charge >= 0.3 is 0 Å². The lowest BCUT2D eigenvalue weighted by Gasteiger charge is -2.20. The minimum Gasteiger partial charge on any atom is -0.496 e. The second kappa shape index (κ2) is 13.8. The highest BCUT2D eigenvalue weighted by atomic mass is 35.5. The van der Waals surface area contributed by atoms with Crippen molar-refractivity contribution in [3.05, 3.63) is 52.6 Å². The van der Waals surface area contributed by atoms with E-state index < -0.39 is 11.9 Å². The molecule has 0 amide bonds. The topological polar surface area (TPSA) is 93.3 Å². The zero-order chi connectivity index (χ0) is 25.1. The van der Waals surface area contributed by atoms with Crippen LogP contribution < -0.4 is 20.5 Å². The van der Waals surface area contributed by atoms with Crippen LogP contribution in [0.4, 0.5) is 10.2 Å². The number of nitrogens with zero attached hydrogens (tertiary/aromatic N) is 1. The zero-order valence-corrected chi connectivity index (χ0v) is 21.2. The summed E-state index contributed by atoms with van der Waals surface area (Å²) in [4.78, 5) is 4.24. The molecule has 8 heteroatoms. The number of pyridine rings is 1. The summed E-state index contributed by atoms with van der Waals surface area (Å²) in [6.45, 7) is 6.10. The van der Waals surface area contributed by atoms with Crippen LogP contribution in [0.2, 0.25) is 5.02 Å². The fourth-order valence-electron chi connectivity index (χ4n) is 3.78. The fraction of sp³-hybridized carbons (Fsp3) is 0.462. The number of methoxy groups -OCH3 is 1. The second-order valence-corrected chi connectivity index (χ2v) is 8.61. The summed E-state index contributed by atoms with van der Waals surface area (Å²) in [5.41, 5.74) is 7.78. The highest BCUT2D eigenvalue weighted by Gasteiger charge is 2.21. The van der Waals surface area contributed by atoms with E-state index in [2.05, 4.69) is 24.1 Å². The van der Waals surface area contributed by atoms with Gasteiger partial charge in [0.05, 0.1) is 17.7 Å². The molecule has 2 rings (SSSR count). The van der Waals surface area contributed by atoms with Crippen LogP contribution in [0.25, 0.3) is 5.57 Å². The Labute approximate surface area is 207 Å². The summed E-state index contributed by atoms with van der Waals surface area (Å²) in [6, 6.07) is 4.83. The summed E-state index contributed by atoms with van der Waals surface area (Å²) in [5.74, 6) is 0.348. The van der Waals surface area contributed by atoms with Gasteiger partial charge in [0.25, 0.3) is 0 Å². The molecular formula is C26H36ClFN4O2. The summed E-state index contributed by atoms with van der Waals surface area (Å²) < 4.78 is 25.4. The van der Waals surface area contributed by atoms with E-state index in [-0.39, 0.29) is 10.8 Å². The molecule has 2 aromatic rings. The number of benzene rings is 1. The molecule has 0 saturated carbocycles. The van der Waals surface area contributed by atoms with Gasteiger partial charge < -0.3 is 25.9 Å². The SMILES string of the molecule is CCCCCC(CCC)N/C=C(\C=N)c1cnc(N)c(OC(C)c2c(OC)ccc(F)c2Cl)c1. The molecule has 1 aromatic heterocycles. The van der Waals surface area contributed by atoms with Gasteiger partial charge in [-0.3, -0.25) is 0 Å². The molecule has 0 saturated heterocycles. The molecule has 0 bridgehead atoms. The van der Waals surface area contributed by atoms with Gasteiger partial charge in [0.1, 0.15) is 17.7 Å². The van der Waals surface area contributed by atoms with E-state index in [1.54, 1.807) is 19.2 Å². The minimum atomic E-state index is -0.657. The summed E-state index contributed by atoms with van der Waals surface area (Å²) >= 11 is 6.20. The third kappa shape index (κ3) is 7.35. The quantitative estimate of drug-likeness (QED) is 0.197. The van der Waals surface area contributed by atoms with Crippen LogP contribution in [-0.2, 0) is 0 Å². The lowest BCUT2D eigenvalue weighted by Crippen LogP contribution is -2.24. The normalized spacial score (nSPS) is 13.3. The van der Waals surface area contributed by atoms with Crippen molar-refractivity contribution in [2.75, 3.05) is 12.8 Å². The maximum absolute atomic E-state index is 14.1. The average Bonchev–Trinajstić information content (AvgIpc) is 2.82. The maximum Gasteiger partial charge on any atom is 0.166 e. The lowest BCUT2D eigenvalue weighted by atomic mass is 10.0. The van der Waals surface area contributed by atoms with E-state index in [4.69, 9.17) is 32.2 Å².